The average Bonchev–Trinajstić information content (AvgIpc) is 2.17. The van der Waals surface area contributed by atoms with Gasteiger partial charge in [-0.25, -0.2) is 4.79 Å². The predicted octanol–water partition coefficient (Wildman–Crippen LogP) is 2.86. The smallest absolute Gasteiger partial charge is 0.329 e. The first-order valence-corrected chi connectivity index (χ1v) is 5.91. The number of hydrogen-bond donors (Lipinski definition) is 1. The van der Waals surface area contributed by atoms with E-state index in [0.717, 1.165) is 14.5 Å². The van der Waals surface area contributed by atoms with Crippen LogP contribution in [0.15, 0.2) is 27.1 Å². The van der Waals surface area contributed by atoms with E-state index in [4.69, 9.17) is 9.84 Å². The Kier molecular flexibility index (Phi) is 5.28. The summed E-state index contributed by atoms with van der Waals surface area (Å²) in [5, 5.41) is 8.37. The molecule has 1 aromatic rings. The zero-order valence-electron chi connectivity index (χ0n) is 7.87. The minimum atomic E-state index is -0.941. The summed E-state index contributed by atoms with van der Waals surface area (Å²) in [7, 11) is 0. The SMILES string of the molecule is O=C(O)COCCc1cc(Br)ccc1Br. The Morgan fingerprint density at radius 2 is 2.13 bits per heavy atom. The highest BCUT2D eigenvalue weighted by atomic mass is 79.9. The van der Waals surface area contributed by atoms with E-state index < -0.39 is 5.97 Å². The zero-order valence-corrected chi connectivity index (χ0v) is 11.0. The Hall–Kier alpha value is -0.390. The highest BCUT2D eigenvalue weighted by Crippen LogP contribution is 2.21. The van der Waals surface area contributed by atoms with Crippen molar-refractivity contribution in [2.75, 3.05) is 13.2 Å². The summed E-state index contributed by atoms with van der Waals surface area (Å²) >= 11 is 6.79. The van der Waals surface area contributed by atoms with Crippen molar-refractivity contribution in [3.8, 4) is 0 Å². The second-order valence-corrected chi connectivity index (χ2v) is 4.70. The number of carboxylic acids is 1. The molecule has 0 fully saturated rings. The van der Waals surface area contributed by atoms with Crippen molar-refractivity contribution >= 4 is 37.8 Å². The van der Waals surface area contributed by atoms with Crippen molar-refractivity contribution in [1.29, 1.82) is 0 Å². The van der Waals surface area contributed by atoms with Gasteiger partial charge in [0.15, 0.2) is 0 Å². The average molecular weight is 338 g/mol. The highest BCUT2D eigenvalue weighted by molar-refractivity contribution is 9.11. The van der Waals surface area contributed by atoms with Crippen molar-refractivity contribution < 1.29 is 14.6 Å². The van der Waals surface area contributed by atoms with Crippen LogP contribution in [0.5, 0.6) is 0 Å². The molecule has 0 heterocycles. The van der Waals surface area contributed by atoms with Crippen LogP contribution in [0.25, 0.3) is 0 Å². The molecule has 0 bridgehead atoms. The van der Waals surface area contributed by atoms with Crippen LogP contribution in [0, 0.1) is 0 Å². The summed E-state index contributed by atoms with van der Waals surface area (Å²) < 4.78 is 6.96. The van der Waals surface area contributed by atoms with Crippen molar-refractivity contribution in [3.05, 3.63) is 32.7 Å². The lowest BCUT2D eigenvalue weighted by Crippen LogP contribution is -2.09. The van der Waals surface area contributed by atoms with E-state index in [9.17, 15) is 4.79 Å². The second-order valence-electron chi connectivity index (χ2n) is 2.93. The largest absolute Gasteiger partial charge is 0.480 e. The van der Waals surface area contributed by atoms with E-state index in [1.807, 2.05) is 18.2 Å². The normalized spacial score (nSPS) is 10.3. The molecule has 1 N–H and O–H groups in total. The van der Waals surface area contributed by atoms with Crippen molar-refractivity contribution in [2.45, 2.75) is 6.42 Å². The molecule has 0 unspecified atom stereocenters. The molecule has 0 radical (unpaired) electrons. The number of aliphatic carboxylic acids is 1. The number of benzene rings is 1. The lowest BCUT2D eigenvalue weighted by Gasteiger charge is -2.05. The molecule has 15 heavy (non-hydrogen) atoms. The number of ether oxygens (including phenoxy) is 1. The molecule has 0 aliphatic heterocycles. The number of rotatable bonds is 5. The quantitative estimate of drug-likeness (QED) is 0.840. The van der Waals surface area contributed by atoms with E-state index >= 15 is 0 Å². The lowest BCUT2D eigenvalue weighted by atomic mass is 10.2. The minimum absolute atomic E-state index is 0.244. The zero-order chi connectivity index (χ0) is 11.3. The fraction of sp³-hybridized carbons (Fsp3) is 0.300. The van der Waals surface area contributed by atoms with Gasteiger partial charge in [0.2, 0.25) is 0 Å². The van der Waals surface area contributed by atoms with Gasteiger partial charge in [-0.15, -0.1) is 0 Å². The van der Waals surface area contributed by atoms with Crippen LogP contribution in [0.4, 0.5) is 0 Å². The number of halogens is 2. The van der Waals surface area contributed by atoms with Gasteiger partial charge in [-0.05, 0) is 30.2 Å². The number of hydrogen-bond acceptors (Lipinski definition) is 2. The first-order valence-electron chi connectivity index (χ1n) is 4.33. The van der Waals surface area contributed by atoms with E-state index in [1.165, 1.54) is 0 Å². The van der Waals surface area contributed by atoms with Crippen LogP contribution < -0.4 is 0 Å². The molecular formula is C10H10Br2O3. The molecule has 3 nitrogen and oxygen atoms in total. The van der Waals surface area contributed by atoms with Crippen LogP contribution in [0.1, 0.15) is 5.56 Å². The Morgan fingerprint density at radius 3 is 2.80 bits per heavy atom. The third-order valence-electron chi connectivity index (χ3n) is 1.75. The minimum Gasteiger partial charge on any atom is -0.480 e. The molecule has 0 saturated carbocycles. The molecule has 0 atom stereocenters. The Balaban J connectivity index is 2.43. The molecule has 0 saturated heterocycles. The molecule has 0 aromatic heterocycles. The topological polar surface area (TPSA) is 46.5 Å². The van der Waals surface area contributed by atoms with Crippen LogP contribution in [-0.2, 0) is 16.0 Å². The fourth-order valence-electron chi connectivity index (χ4n) is 1.08. The van der Waals surface area contributed by atoms with Crippen molar-refractivity contribution in [3.63, 3.8) is 0 Å². The van der Waals surface area contributed by atoms with Crippen molar-refractivity contribution in [1.82, 2.24) is 0 Å². The number of carbonyl (C=O) groups is 1. The molecule has 1 aromatic carbocycles. The molecule has 0 aliphatic rings. The summed E-state index contributed by atoms with van der Waals surface area (Å²) in [6.45, 7) is 0.160. The molecule has 0 spiro atoms. The Bertz CT molecular complexity index is 353. The standard InChI is InChI=1S/C10H10Br2O3/c11-8-1-2-9(12)7(5-8)3-4-15-6-10(13)14/h1-2,5H,3-4,6H2,(H,13,14). The lowest BCUT2D eigenvalue weighted by molar-refractivity contribution is -0.142. The Labute approximate surface area is 105 Å². The third-order valence-corrected chi connectivity index (χ3v) is 3.02. The molecule has 5 heteroatoms. The fourth-order valence-corrected chi connectivity index (χ4v) is 1.93. The monoisotopic (exact) mass is 336 g/mol. The second kappa shape index (κ2) is 6.25. The van der Waals surface area contributed by atoms with Gasteiger partial charge in [-0.1, -0.05) is 31.9 Å². The molecule has 0 amide bonds. The van der Waals surface area contributed by atoms with Crippen LogP contribution >= 0.6 is 31.9 Å². The maximum absolute atomic E-state index is 10.2. The van der Waals surface area contributed by atoms with Gasteiger partial charge in [-0.3, -0.25) is 0 Å². The summed E-state index contributed by atoms with van der Waals surface area (Å²) in [4.78, 5) is 10.2. The summed E-state index contributed by atoms with van der Waals surface area (Å²) in [5.41, 5.74) is 1.09. The van der Waals surface area contributed by atoms with Gasteiger partial charge >= 0.3 is 5.97 Å². The van der Waals surface area contributed by atoms with Gasteiger partial charge < -0.3 is 9.84 Å². The van der Waals surface area contributed by atoms with Crippen molar-refractivity contribution in [2.24, 2.45) is 0 Å². The van der Waals surface area contributed by atoms with Gasteiger partial charge in [0, 0.05) is 8.95 Å². The van der Waals surface area contributed by atoms with E-state index in [2.05, 4.69) is 31.9 Å². The summed E-state index contributed by atoms with van der Waals surface area (Å²) in [5.74, 6) is -0.941. The van der Waals surface area contributed by atoms with Gasteiger partial charge in [0.25, 0.3) is 0 Å². The number of carboxylic acid groups (broad SMARTS) is 1. The molecule has 0 aliphatic carbocycles. The molecular weight excluding hydrogens is 328 g/mol. The highest BCUT2D eigenvalue weighted by Gasteiger charge is 2.02. The van der Waals surface area contributed by atoms with Gasteiger partial charge in [-0.2, -0.15) is 0 Å². The van der Waals surface area contributed by atoms with E-state index in [-0.39, 0.29) is 6.61 Å². The van der Waals surface area contributed by atoms with Crippen LogP contribution in [0.3, 0.4) is 0 Å². The molecule has 1 rings (SSSR count). The van der Waals surface area contributed by atoms with Gasteiger partial charge in [0.1, 0.15) is 6.61 Å². The predicted molar refractivity (Wildman–Crippen MR) is 64.0 cm³/mol. The maximum Gasteiger partial charge on any atom is 0.329 e. The summed E-state index contributed by atoms with van der Waals surface area (Å²) in [6.07, 6.45) is 0.688. The van der Waals surface area contributed by atoms with Crippen LogP contribution in [0.2, 0.25) is 0 Å². The van der Waals surface area contributed by atoms with E-state index in [1.54, 1.807) is 0 Å². The first kappa shape index (κ1) is 12.7. The third kappa shape index (κ3) is 4.77. The maximum atomic E-state index is 10.2. The summed E-state index contributed by atoms with van der Waals surface area (Å²) in [6, 6.07) is 5.86. The van der Waals surface area contributed by atoms with Gasteiger partial charge in [0.05, 0.1) is 6.61 Å². The van der Waals surface area contributed by atoms with E-state index in [0.29, 0.717) is 13.0 Å². The van der Waals surface area contributed by atoms with Crippen LogP contribution in [-0.4, -0.2) is 24.3 Å². The Morgan fingerprint density at radius 1 is 1.40 bits per heavy atom. The molecule has 82 valence electrons. The first-order chi connectivity index (χ1) is 7.09.